The van der Waals surface area contributed by atoms with E-state index in [1.807, 2.05) is 6.07 Å². The van der Waals surface area contributed by atoms with E-state index in [4.69, 9.17) is 0 Å². The van der Waals surface area contributed by atoms with Gasteiger partial charge in [0.25, 0.3) is 0 Å². The van der Waals surface area contributed by atoms with Crippen LogP contribution in [0.2, 0.25) is 0 Å². The molecule has 0 bridgehead atoms. The fourth-order valence-corrected chi connectivity index (χ4v) is 3.08. The molecule has 0 aliphatic carbocycles. The third-order valence-electron chi connectivity index (χ3n) is 2.35. The Kier molecular flexibility index (Phi) is 3.98. The summed E-state index contributed by atoms with van der Waals surface area (Å²) in [5.41, 5.74) is 2.66. The Labute approximate surface area is 103 Å². The molecule has 0 radical (unpaired) electrons. The molecular formula is C15H14Se. The summed E-state index contributed by atoms with van der Waals surface area (Å²) >= 11 is 0.432. The van der Waals surface area contributed by atoms with E-state index in [1.165, 1.54) is 15.6 Å². The van der Waals surface area contributed by atoms with Gasteiger partial charge in [-0.25, -0.2) is 0 Å². The van der Waals surface area contributed by atoms with Crippen molar-refractivity contribution in [3.63, 3.8) is 0 Å². The summed E-state index contributed by atoms with van der Waals surface area (Å²) in [7, 11) is 0. The Balaban J connectivity index is 2.03. The predicted molar refractivity (Wildman–Crippen MR) is 72.0 cm³/mol. The van der Waals surface area contributed by atoms with Gasteiger partial charge in [-0.3, -0.25) is 0 Å². The van der Waals surface area contributed by atoms with E-state index in [2.05, 4.69) is 66.5 Å². The molecule has 0 nitrogen and oxygen atoms in total. The van der Waals surface area contributed by atoms with Crippen molar-refractivity contribution >= 4 is 25.5 Å². The van der Waals surface area contributed by atoms with Crippen molar-refractivity contribution in [2.45, 2.75) is 6.92 Å². The van der Waals surface area contributed by atoms with Crippen LogP contribution in [0.5, 0.6) is 0 Å². The maximum absolute atomic E-state index is 2.28. The molecule has 0 N–H and O–H groups in total. The van der Waals surface area contributed by atoms with Crippen LogP contribution in [-0.2, 0) is 0 Å². The van der Waals surface area contributed by atoms with Gasteiger partial charge >= 0.3 is 103 Å². The van der Waals surface area contributed by atoms with E-state index in [-0.39, 0.29) is 0 Å². The summed E-state index contributed by atoms with van der Waals surface area (Å²) in [6, 6.07) is 19.0. The molecule has 2 aromatic carbocycles. The third-order valence-corrected chi connectivity index (χ3v) is 4.41. The zero-order chi connectivity index (χ0) is 11.2. The fourth-order valence-electron chi connectivity index (χ4n) is 1.44. The van der Waals surface area contributed by atoms with Crippen molar-refractivity contribution in [2.24, 2.45) is 0 Å². The van der Waals surface area contributed by atoms with Crippen LogP contribution >= 0.6 is 0 Å². The summed E-state index contributed by atoms with van der Waals surface area (Å²) in [5, 5.41) is 0. The zero-order valence-electron chi connectivity index (χ0n) is 9.26. The molecule has 1 heteroatoms. The van der Waals surface area contributed by atoms with E-state index in [0.29, 0.717) is 15.0 Å². The van der Waals surface area contributed by atoms with Crippen molar-refractivity contribution in [1.29, 1.82) is 0 Å². The molecule has 0 heterocycles. The van der Waals surface area contributed by atoms with E-state index >= 15 is 0 Å². The van der Waals surface area contributed by atoms with Crippen LogP contribution in [0, 0.1) is 6.92 Å². The first-order valence-electron chi connectivity index (χ1n) is 5.30. The second-order valence-electron chi connectivity index (χ2n) is 3.60. The van der Waals surface area contributed by atoms with Crippen LogP contribution in [0.25, 0.3) is 6.08 Å². The maximum atomic E-state index is 2.28. The number of hydrogen-bond donors (Lipinski definition) is 0. The zero-order valence-corrected chi connectivity index (χ0v) is 11.0. The standard InChI is InChI=1S/C15H14Se/c1-13-7-5-6-10-15(13)16-12-11-14-8-3-2-4-9-14/h2-12H,1H3/b12-11+. The third kappa shape index (κ3) is 3.09. The molecule has 0 unspecified atom stereocenters. The Morgan fingerprint density at radius 3 is 2.31 bits per heavy atom. The summed E-state index contributed by atoms with van der Waals surface area (Å²) in [6.45, 7) is 2.17. The summed E-state index contributed by atoms with van der Waals surface area (Å²) < 4.78 is 1.46. The molecule has 0 amide bonds. The minimum absolute atomic E-state index is 0.432. The molecule has 0 saturated carbocycles. The summed E-state index contributed by atoms with van der Waals surface area (Å²) in [4.78, 5) is 2.28. The Hall–Kier alpha value is -1.30. The van der Waals surface area contributed by atoms with Crippen LogP contribution in [-0.4, -0.2) is 15.0 Å². The minimum atomic E-state index is 0.432. The van der Waals surface area contributed by atoms with E-state index in [9.17, 15) is 0 Å². The molecule has 16 heavy (non-hydrogen) atoms. The van der Waals surface area contributed by atoms with Gasteiger partial charge in [-0.05, 0) is 0 Å². The average molecular weight is 273 g/mol. The molecule has 0 fully saturated rings. The fraction of sp³-hybridized carbons (Fsp3) is 0.0667. The molecule has 2 aromatic rings. The molecule has 0 atom stereocenters. The number of rotatable bonds is 3. The van der Waals surface area contributed by atoms with Crippen molar-refractivity contribution in [1.82, 2.24) is 0 Å². The number of aryl methyl sites for hydroxylation is 1. The van der Waals surface area contributed by atoms with Crippen LogP contribution in [0.4, 0.5) is 0 Å². The Bertz CT molecular complexity index is 472. The van der Waals surface area contributed by atoms with E-state index < -0.39 is 0 Å². The first kappa shape index (κ1) is 11.2. The van der Waals surface area contributed by atoms with Crippen molar-refractivity contribution in [3.8, 4) is 0 Å². The van der Waals surface area contributed by atoms with Crippen LogP contribution in [0.3, 0.4) is 0 Å². The molecule has 0 saturated heterocycles. The molecule has 0 aliphatic rings. The van der Waals surface area contributed by atoms with Gasteiger partial charge in [0, 0.05) is 0 Å². The molecule has 0 aromatic heterocycles. The normalized spacial score (nSPS) is 10.8. The summed E-state index contributed by atoms with van der Waals surface area (Å²) in [6.07, 6.45) is 2.20. The molecule has 2 rings (SSSR count). The van der Waals surface area contributed by atoms with E-state index in [1.54, 1.807) is 0 Å². The quantitative estimate of drug-likeness (QED) is 0.754. The number of benzene rings is 2. The van der Waals surface area contributed by atoms with Gasteiger partial charge in [0.05, 0.1) is 0 Å². The predicted octanol–water partition coefficient (Wildman–Crippen LogP) is 3.00. The van der Waals surface area contributed by atoms with E-state index in [0.717, 1.165) is 0 Å². The number of hydrogen-bond acceptors (Lipinski definition) is 0. The first-order valence-corrected chi connectivity index (χ1v) is 7.15. The van der Waals surface area contributed by atoms with Crippen LogP contribution < -0.4 is 4.46 Å². The first-order chi connectivity index (χ1) is 7.86. The Morgan fingerprint density at radius 1 is 0.875 bits per heavy atom. The average Bonchev–Trinajstić information content (AvgIpc) is 2.33. The van der Waals surface area contributed by atoms with Gasteiger partial charge in [0.15, 0.2) is 0 Å². The van der Waals surface area contributed by atoms with Gasteiger partial charge in [-0.1, -0.05) is 0 Å². The van der Waals surface area contributed by atoms with Gasteiger partial charge in [0.1, 0.15) is 0 Å². The second kappa shape index (κ2) is 5.69. The van der Waals surface area contributed by atoms with Crippen molar-refractivity contribution in [2.75, 3.05) is 0 Å². The molecule has 0 spiro atoms. The van der Waals surface area contributed by atoms with Gasteiger partial charge in [0.2, 0.25) is 0 Å². The van der Waals surface area contributed by atoms with Crippen LogP contribution in [0.15, 0.2) is 59.6 Å². The van der Waals surface area contributed by atoms with Crippen molar-refractivity contribution < 1.29 is 0 Å². The Morgan fingerprint density at radius 2 is 1.56 bits per heavy atom. The van der Waals surface area contributed by atoms with Gasteiger partial charge < -0.3 is 0 Å². The summed E-state index contributed by atoms with van der Waals surface area (Å²) in [5.74, 6) is 0. The van der Waals surface area contributed by atoms with Crippen molar-refractivity contribution in [3.05, 3.63) is 70.7 Å². The monoisotopic (exact) mass is 274 g/mol. The molecular weight excluding hydrogens is 259 g/mol. The van der Waals surface area contributed by atoms with Gasteiger partial charge in [-0.15, -0.1) is 0 Å². The van der Waals surface area contributed by atoms with Crippen LogP contribution in [0.1, 0.15) is 11.1 Å². The topological polar surface area (TPSA) is 0 Å². The molecule has 80 valence electrons. The second-order valence-corrected chi connectivity index (χ2v) is 5.59. The SMILES string of the molecule is Cc1ccccc1[Se]/C=C/c1ccccc1. The molecule has 0 aliphatic heterocycles. The van der Waals surface area contributed by atoms with Gasteiger partial charge in [-0.2, -0.15) is 0 Å².